The van der Waals surface area contributed by atoms with Crippen LogP contribution in [0.3, 0.4) is 0 Å². The van der Waals surface area contributed by atoms with Crippen molar-refractivity contribution in [3.8, 4) is 0 Å². The molecule has 0 aliphatic carbocycles. The molecular weight excluding hydrogens is 347 g/mol. The molecule has 2 heterocycles. The Bertz CT molecular complexity index is 397. The molecular formula is C11H17IN4S. The molecule has 17 heavy (non-hydrogen) atoms. The monoisotopic (exact) mass is 364 g/mol. The highest BCUT2D eigenvalue weighted by atomic mass is 127. The van der Waals surface area contributed by atoms with Gasteiger partial charge in [0.25, 0.3) is 0 Å². The van der Waals surface area contributed by atoms with Crippen molar-refractivity contribution in [2.45, 2.75) is 11.6 Å². The molecule has 0 bridgehead atoms. The summed E-state index contributed by atoms with van der Waals surface area (Å²) in [7, 11) is 2.05. The number of hydrogen-bond donors (Lipinski definition) is 1. The normalized spacial score (nSPS) is 14.2. The molecule has 0 fully saturated rings. The Morgan fingerprint density at radius 2 is 2.35 bits per heavy atom. The van der Waals surface area contributed by atoms with E-state index >= 15 is 0 Å². The first-order valence-corrected chi connectivity index (χ1v) is 6.50. The minimum atomic E-state index is 0. The van der Waals surface area contributed by atoms with Crippen LogP contribution >= 0.6 is 35.7 Å². The summed E-state index contributed by atoms with van der Waals surface area (Å²) in [5.41, 5.74) is 1.24. The van der Waals surface area contributed by atoms with Gasteiger partial charge in [-0.15, -0.1) is 35.7 Å². The van der Waals surface area contributed by atoms with Gasteiger partial charge in [0.2, 0.25) is 0 Å². The second kappa shape index (κ2) is 7.05. The van der Waals surface area contributed by atoms with Gasteiger partial charge in [0.15, 0.2) is 5.96 Å². The lowest BCUT2D eigenvalue weighted by atomic mass is 10.3. The van der Waals surface area contributed by atoms with Crippen LogP contribution in [0.2, 0.25) is 0 Å². The summed E-state index contributed by atoms with van der Waals surface area (Å²) in [4.78, 5) is 10.8. The highest BCUT2D eigenvalue weighted by Crippen LogP contribution is 2.12. The van der Waals surface area contributed by atoms with Crippen LogP contribution in [-0.4, -0.2) is 42.2 Å². The van der Waals surface area contributed by atoms with E-state index in [2.05, 4.69) is 33.3 Å². The van der Waals surface area contributed by atoms with Crippen LogP contribution in [0.5, 0.6) is 0 Å². The number of guanidine groups is 1. The van der Waals surface area contributed by atoms with Crippen LogP contribution in [0.4, 0.5) is 0 Å². The highest BCUT2D eigenvalue weighted by Gasteiger charge is 2.11. The predicted octanol–water partition coefficient (Wildman–Crippen LogP) is 1.81. The van der Waals surface area contributed by atoms with Crippen molar-refractivity contribution in [2.24, 2.45) is 4.99 Å². The first-order chi connectivity index (χ1) is 7.79. The molecule has 4 nitrogen and oxygen atoms in total. The van der Waals surface area contributed by atoms with Gasteiger partial charge in [-0.25, -0.2) is 4.98 Å². The maximum absolute atomic E-state index is 4.38. The van der Waals surface area contributed by atoms with Gasteiger partial charge in [-0.1, -0.05) is 0 Å². The molecule has 94 valence electrons. The summed E-state index contributed by atoms with van der Waals surface area (Å²) < 4.78 is 0. The third kappa shape index (κ3) is 4.02. The van der Waals surface area contributed by atoms with Crippen LogP contribution in [0.15, 0.2) is 28.3 Å². The SMILES string of the molecule is CSc1cc(CNC2=NCCN2C)ccn1.I. The van der Waals surface area contributed by atoms with E-state index in [1.807, 2.05) is 18.5 Å². The number of hydrogen-bond acceptors (Lipinski definition) is 5. The summed E-state index contributed by atoms with van der Waals surface area (Å²) in [6.07, 6.45) is 3.89. The molecule has 1 N–H and O–H groups in total. The molecule has 0 saturated heterocycles. The van der Waals surface area contributed by atoms with E-state index in [1.165, 1.54) is 5.56 Å². The van der Waals surface area contributed by atoms with Gasteiger partial charge < -0.3 is 10.2 Å². The van der Waals surface area contributed by atoms with Gasteiger partial charge in [0.05, 0.1) is 11.6 Å². The maximum atomic E-state index is 4.38. The molecule has 1 aromatic rings. The molecule has 0 unspecified atom stereocenters. The summed E-state index contributed by atoms with van der Waals surface area (Å²) >= 11 is 1.66. The maximum Gasteiger partial charge on any atom is 0.194 e. The van der Waals surface area contributed by atoms with Crippen LogP contribution in [0.25, 0.3) is 0 Å². The quantitative estimate of drug-likeness (QED) is 0.656. The molecule has 6 heteroatoms. The fraction of sp³-hybridized carbons (Fsp3) is 0.455. The molecule has 0 atom stereocenters. The molecule has 1 aromatic heterocycles. The smallest absolute Gasteiger partial charge is 0.194 e. The Balaban J connectivity index is 0.00000144. The van der Waals surface area contributed by atoms with E-state index in [9.17, 15) is 0 Å². The summed E-state index contributed by atoms with van der Waals surface area (Å²) in [6, 6.07) is 4.13. The average Bonchev–Trinajstić information content (AvgIpc) is 2.72. The van der Waals surface area contributed by atoms with Crippen molar-refractivity contribution >= 4 is 41.7 Å². The van der Waals surface area contributed by atoms with E-state index in [0.29, 0.717) is 0 Å². The van der Waals surface area contributed by atoms with Gasteiger partial charge >= 0.3 is 0 Å². The van der Waals surface area contributed by atoms with Gasteiger partial charge in [0.1, 0.15) is 0 Å². The summed E-state index contributed by atoms with van der Waals surface area (Å²) in [5, 5.41) is 4.39. The largest absolute Gasteiger partial charge is 0.352 e. The van der Waals surface area contributed by atoms with Crippen molar-refractivity contribution in [2.75, 3.05) is 26.4 Å². The van der Waals surface area contributed by atoms with Gasteiger partial charge in [-0.3, -0.25) is 4.99 Å². The van der Waals surface area contributed by atoms with E-state index < -0.39 is 0 Å². The third-order valence-electron chi connectivity index (χ3n) is 2.52. The number of pyridine rings is 1. The number of thioether (sulfide) groups is 1. The second-order valence-corrected chi connectivity index (χ2v) is 4.51. The number of nitrogens with one attached hydrogen (secondary N) is 1. The number of halogens is 1. The Morgan fingerprint density at radius 3 is 3.00 bits per heavy atom. The first kappa shape index (κ1) is 14.6. The van der Waals surface area contributed by atoms with E-state index in [0.717, 1.165) is 30.6 Å². The number of likely N-dealkylation sites (N-methyl/N-ethyl adjacent to an activating group) is 1. The molecule has 0 radical (unpaired) electrons. The predicted molar refractivity (Wildman–Crippen MR) is 83.2 cm³/mol. The van der Waals surface area contributed by atoms with Crippen molar-refractivity contribution in [1.82, 2.24) is 15.2 Å². The van der Waals surface area contributed by atoms with Crippen molar-refractivity contribution in [3.63, 3.8) is 0 Å². The average molecular weight is 364 g/mol. The lowest BCUT2D eigenvalue weighted by Crippen LogP contribution is -2.35. The second-order valence-electron chi connectivity index (χ2n) is 3.69. The van der Waals surface area contributed by atoms with Crippen LogP contribution in [-0.2, 0) is 6.54 Å². The molecule has 1 aliphatic heterocycles. The van der Waals surface area contributed by atoms with Crippen molar-refractivity contribution < 1.29 is 0 Å². The molecule has 0 amide bonds. The third-order valence-corrected chi connectivity index (χ3v) is 3.16. The lowest BCUT2D eigenvalue weighted by Gasteiger charge is -2.15. The van der Waals surface area contributed by atoms with Crippen LogP contribution in [0.1, 0.15) is 5.56 Å². The van der Waals surface area contributed by atoms with Crippen molar-refractivity contribution in [3.05, 3.63) is 23.9 Å². The Morgan fingerprint density at radius 1 is 1.53 bits per heavy atom. The van der Waals surface area contributed by atoms with E-state index in [1.54, 1.807) is 11.8 Å². The lowest BCUT2D eigenvalue weighted by molar-refractivity contribution is 0.534. The zero-order chi connectivity index (χ0) is 11.4. The van der Waals surface area contributed by atoms with Gasteiger partial charge in [-0.05, 0) is 24.0 Å². The summed E-state index contributed by atoms with van der Waals surface area (Å²) in [5.74, 6) is 0.988. The Labute approximate surface area is 123 Å². The fourth-order valence-electron chi connectivity index (χ4n) is 1.58. The number of aromatic nitrogens is 1. The minimum Gasteiger partial charge on any atom is -0.352 e. The van der Waals surface area contributed by atoms with E-state index in [4.69, 9.17) is 0 Å². The van der Waals surface area contributed by atoms with Crippen LogP contribution < -0.4 is 5.32 Å². The Hall–Kier alpha value is -0.500. The first-order valence-electron chi connectivity index (χ1n) is 5.28. The van der Waals surface area contributed by atoms with E-state index in [-0.39, 0.29) is 24.0 Å². The molecule has 1 aliphatic rings. The fourth-order valence-corrected chi connectivity index (χ4v) is 2.01. The Kier molecular flexibility index (Phi) is 6.04. The number of rotatable bonds is 3. The van der Waals surface area contributed by atoms with Gasteiger partial charge in [-0.2, -0.15) is 0 Å². The minimum absolute atomic E-state index is 0. The van der Waals surface area contributed by atoms with Crippen LogP contribution in [0, 0.1) is 0 Å². The molecule has 2 rings (SSSR count). The zero-order valence-electron chi connectivity index (χ0n) is 10.0. The standard InChI is InChI=1S/C11H16N4S.HI/c1-15-6-5-13-11(15)14-8-9-3-4-12-10(7-9)16-2;/h3-4,7H,5-6,8H2,1-2H3,(H,13,14);1H. The molecule has 0 aromatic carbocycles. The summed E-state index contributed by atoms with van der Waals surface area (Å²) in [6.45, 7) is 2.71. The topological polar surface area (TPSA) is 40.5 Å². The number of aliphatic imine (C=N–C) groups is 1. The highest BCUT2D eigenvalue weighted by molar-refractivity contribution is 14.0. The zero-order valence-corrected chi connectivity index (χ0v) is 13.2. The number of nitrogens with zero attached hydrogens (tertiary/aromatic N) is 3. The molecule has 0 spiro atoms. The van der Waals surface area contributed by atoms with Gasteiger partial charge in [0, 0.05) is 26.3 Å². The van der Waals surface area contributed by atoms with Crippen molar-refractivity contribution in [1.29, 1.82) is 0 Å². The molecule has 0 saturated carbocycles.